The number of nitrogens with one attached hydrogen (secondary N) is 1. The number of aryl methyl sites for hydroxylation is 1. The lowest BCUT2D eigenvalue weighted by atomic mass is 9.77. The van der Waals surface area contributed by atoms with Crippen LogP contribution in [0.4, 0.5) is 4.79 Å². The molecule has 2 N–H and O–H groups in total. The number of likely N-dealkylation sites (tertiary alicyclic amines) is 1. The molecule has 0 radical (unpaired) electrons. The standard InChI is InChI=1S/C19H30N2O3/c1-3-19(15-22)10-13-21(14-11-19)18(23)20-12-4-5-16-6-8-17(24-2)9-7-16/h6-9,22H,3-5,10-15H2,1-2H3,(H,20,23). The summed E-state index contributed by atoms with van der Waals surface area (Å²) in [6.07, 6.45) is 4.61. The first-order valence-electron chi connectivity index (χ1n) is 8.89. The van der Waals surface area contributed by atoms with Crippen molar-refractivity contribution in [3.8, 4) is 5.75 Å². The van der Waals surface area contributed by atoms with Crippen LogP contribution in [0, 0.1) is 5.41 Å². The Labute approximate surface area is 145 Å². The summed E-state index contributed by atoms with van der Waals surface area (Å²) in [6, 6.07) is 8.06. The van der Waals surface area contributed by atoms with Crippen molar-refractivity contribution in [3.63, 3.8) is 0 Å². The second-order valence-electron chi connectivity index (χ2n) is 6.68. The number of aliphatic hydroxyl groups excluding tert-OH is 1. The summed E-state index contributed by atoms with van der Waals surface area (Å²) in [5.41, 5.74) is 1.27. The Bertz CT molecular complexity index is 502. The van der Waals surface area contributed by atoms with Crippen LogP contribution in [0.2, 0.25) is 0 Å². The smallest absolute Gasteiger partial charge is 0.317 e. The zero-order valence-corrected chi connectivity index (χ0v) is 14.9. The summed E-state index contributed by atoms with van der Waals surface area (Å²) in [7, 11) is 1.66. The van der Waals surface area contributed by atoms with Crippen LogP contribution in [0.5, 0.6) is 5.75 Å². The summed E-state index contributed by atoms with van der Waals surface area (Å²) in [6.45, 7) is 4.49. The Morgan fingerprint density at radius 1 is 1.29 bits per heavy atom. The number of benzene rings is 1. The molecule has 2 rings (SSSR count). The van der Waals surface area contributed by atoms with Gasteiger partial charge >= 0.3 is 6.03 Å². The average Bonchev–Trinajstić information content (AvgIpc) is 2.65. The third kappa shape index (κ3) is 4.87. The summed E-state index contributed by atoms with van der Waals surface area (Å²) in [5.74, 6) is 0.864. The average molecular weight is 334 g/mol. The second-order valence-corrected chi connectivity index (χ2v) is 6.68. The molecule has 1 heterocycles. The van der Waals surface area contributed by atoms with E-state index in [4.69, 9.17) is 4.74 Å². The monoisotopic (exact) mass is 334 g/mol. The molecule has 0 saturated carbocycles. The quantitative estimate of drug-likeness (QED) is 0.754. The number of nitrogens with zero attached hydrogens (tertiary/aromatic N) is 1. The minimum Gasteiger partial charge on any atom is -0.497 e. The van der Waals surface area contributed by atoms with Gasteiger partial charge in [-0.2, -0.15) is 0 Å². The maximum atomic E-state index is 12.2. The number of carbonyl (C=O) groups excluding carboxylic acids is 1. The lowest BCUT2D eigenvalue weighted by molar-refractivity contribution is 0.0520. The van der Waals surface area contributed by atoms with E-state index in [1.54, 1.807) is 7.11 Å². The van der Waals surface area contributed by atoms with Crippen LogP contribution in [-0.4, -0.2) is 49.4 Å². The Morgan fingerprint density at radius 2 is 1.96 bits per heavy atom. The zero-order valence-electron chi connectivity index (χ0n) is 14.9. The van der Waals surface area contributed by atoms with E-state index in [1.807, 2.05) is 17.0 Å². The van der Waals surface area contributed by atoms with Crippen molar-refractivity contribution in [2.45, 2.75) is 39.0 Å². The first-order chi connectivity index (χ1) is 11.6. The lowest BCUT2D eigenvalue weighted by Gasteiger charge is -2.40. The molecule has 24 heavy (non-hydrogen) atoms. The van der Waals surface area contributed by atoms with Crippen LogP contribution in [0.15, 0.2) is 24.3 Å². The fourth-order valence-corrected chi connectivity index (χ4v) is 3.20. The van der Waals surface area contributed by atoms with Crippen molar-refractivity contribution >= 4 is 6.03 Å². The molecule has 0 unspecified atom stereocenters. The molecule has 1 saturated heterocycles. The van der Waals surface area contributed by atoms with Crippen LogP contribution in [0.25, 0.3) is 0 Å². The second kappa shape index (κ2) is 8.92. The number of amides is 2. The van der Waals surface area contributed by atoms with Crippen molar-refractivity contribution < 1.29 is 14.6 Å². The summed E-state index contributed by atoms with van der Waals surface area (Å²) in [4.78, 5) is 14.1. The minimum atomic E-state index is 0.0190. The molecule has 1 aromatic carbocycles. The number of methoxy groups -OCH3 is 1. The first-order valence-corrected chi connectivity index (χ1v) is 8.89. The van der Waals surface area contributed by atoms with Gasteiger partial charge in [-0.3, -0.25) is 0 Å². The number of urea groups is 1. The molecular weight excluding hydrogens is 304 g/mol. The van der Waals surface area contributed by atoms with Gasteiger partial charge in [0.15, 0.2) is 0 Å². The molecule has 2 amide bonds. The van der Waals surface area contributed by atoms with Gasteiger partial charge in [0.25, 0.3) is 0 Å². The normalized spacial score (nSPS) is 16.7. The highest BCUT2D eigenvalue weighted by molar-refractivity contribution is 5.74. The van der Waals surface area contributed by atoms with Gasteiger partial charge in [-0.1, -0.05) is 19.1 Å². The molecule has 1 aliphatic heterocycles. The van der Waals surface area contributed by atoms with Gasteiger partial charge in [-0.15, -0.1) is 0 Å². The molecule has 0 aromatic heterocycles. The lowest BCUT2D eigenvalue weighted by Crippen LogP contribution is -2.48. The number of aliphatic hydroxyl groups is 1. The molecule has 5 nitrogen and oxygen atoms in total. The van der Waals surface area contributed by atoms with Crippen LogP contribution < -0.4 is 10.1 Å². The molecule has 1 fully saturated rings. The van der Waals surface area contributed by atoms with Gasteiger partial charge < -0.3 is 20.1 Å². The Hall–Kier alpha value is -1.75. The van der Waals surface area contributed by atoms with Crippen molar-refractivity contribution in [2.75, 3.05) is 33.4 Å². The molecule has 1 aliphatic rings. The molecule has 0 atom stereocenters. The Morgan fingerprint density at radius 3 is 2.50 bits per heavy atom. The highest BCUT2D eigenvalue weighted by Gasteiger charge is 2.33. The zero-order chi connectivity index (χ0) is 17.4. The van der Waals surface area contributed by atoms with Crippen molar-refractivity contribution in [3.05, 3.63) is 29.8 Å². The van der Waals surface area contributed by atoms with E-state index in [0.717, 1.165) is 50.9 Å². The van der Waals surface area contributed by atoms with E-state index in [9.17, 15) is 9.90 Å². The highest BCUT2D eigenvalue weighted by Crippen LogP contribution is 2.34. The van der Waals surface area contributed by atoms with Crippen LogP contribution >= 0.6 is 0 Å². The van der Waals surface area contributed by atoms with Gasteiger partial charge in [-0.25, -0.2) is 4.79 Å². The predicted octanol–water partition coefficient (Wildman–Crippen LogP) is 2.82. The summed E-state index contributed by atoms with van der Waals surface area (Å²) in [5, 5.41) is 12.6. The number of hydrogen-bond acceptors (Lipinski definition) is 3. The van der Waals surface area contributed by atoms with Gasteiger partial charge in [0.05, 0.1) is 7.11 Å². The van der Waals surface area contributed by atoms with E-state index < -0.39 is 0 Å². The van der Waals surface area contributed by atoms with Gasteiger partial charge in [0, 0.05) is 26.2 Å². The number of carbonyl (C=O) groups is 1. The van der Waals surface area contributed by atoms with E-state index >= 15 is 0 Å². The Balaban J connectivity index is 1.66. The fourth-order valence-electron chi connectivity index (χ4n) is 3.20. The third-order valence-corrected chi connectivity index (χ3v) is 5.27. The predicted molar refractivity (Wildman–Crippen MR) is 95.3 cm³/mol. The van der Waals surface area contributed by atoms with Gasteiger partial charge in [0.2, 0.25) is 0 Å². The number of piperidine rings is 1. The Kier molecular flexibility index (Phi) is 6.91. The summed E-state index contributed by atoms with van der Waals surface area (Å²) < 4.78 is 5.15. The molecule has 0 spiro atoms. The highest BCUT2D eigenvalue weighted by atomic mass is 16.5. The van der Waals surface area contributed by atoms with E-state index in [2.05, 4.69) is 24.4 Å². The van der Waals surface area contributed by atoms with E-state index in [-0.39, 0.29) is 18.1 Å². The van der Waals surface area contributed by atoms with Crippen molar-refractivity contribution in [2.24, 2.45) is 5.41 Å². The number of rotatable bonds is 7. The molecular formula is C19H30N2O3. The van der Waals surface area contributed by atoms with E-state index in [1.165, 1.54) is 5.56 Å². The SMILES string of the molecule is CCC1(CO)CCN(C(=O)NCCCc2ccc(OC)cc2)CC1. The maximum absolute atomic E-state index is 12.2. The molecule has 5 heteroatoms. The van der Waals surface area contributed by atoms with Crippen LogP contribution in [0.3, 0.4) is 0 Å². The molecule has 134 valence electrons. The molecule has 0 bridgehead atoms. The van der Waals surface area contributed by atoms with Crippen molar-refractivity contribution in [1.29, 1.82) is 0 Å². The van der Waals surface area contributed by atoms with Gasteiger partial charge in [0.1, 0.15) is 5.75 Å². The minimum absolute atomic E-state index is 0.0190. The maximum Gasteiger partial charge on any atom is 0.317 e. The first kappa shape index (κ1) is 18.6. The molecule has 0 aliphatic carbocycles. The molecule has 1 aromatic rings. The largest absolute Gasteiger partial charge is 0.497 e. The van der Waals surface area contributed by atoms with Gasteiger partial charge in [-0.05, 0) is 55.2 Å². The van der Waals surface area contributed by atoms with E-state index in [0.29, 0.717) is 6.54 Å². The topological polar surface area (TPSA) is 61.8 Å². The third-order valence-electron chi connectivity index (χ3n) is 5.27. The summed E-state index contributed by atoms with van der Waals surface area (Å²) >= 11 is 0. The number of hydrogen-bond donors (Lipinski definition) is 2. The van der Waals surface area contributed by atoms with Crippen molar-refractivity contribution in [1.82, 2.24) is 10.2 Å². The van der Waals surface area contributed by atoms with Crippen LogP contribution in [0.1, 0.15) is 38.2 Å². The number of ether oxygens (including phenoxy) is 1. The van der Waals surface area contributed by atoms with Crippen LogP contribution in [-0.2, 0) is 6.42 Å². The fraction of sp³-hybridized carbons (Fsp3) is 0.632.